The third-order valence-corrected chi connectivity index (χ3v) is 18.8. The number of carbonyl (C=O) groups is 1. The zero-order chi connectivity index (χ0) is 76.8. The number of benzene rings is 5. The number of hydrogen-bond donors (Lipinski definition) is 0. The molecule has 0 radical (unpaired) electrons. The fraction of sp³-hybridized carbons (Fsp3) is 0.323. The first-order valence-electron chi connectivity index (χ1n) is 37.9. The first-order valence-corrected chi connectivity index (χ1v) is 37.9. The minimum atomic E-state index is 0.0682. The molecule has 0 bridgehead atoms. The molecule has 1 aliphatic heterocycles. The van der Waals surface area contributed by atoms with Gasteiger partial charge in [0, 0.05) is 112 Å². The first-order chi connectivity index (χ1) is 51.4. The molecule has 0 spiro atoms. The Kier molecular flexibility index (Phi) is 28.7. The lowest BCUT2D eigenvalue weighted by atomic mass is 9.95. The summed E-state index contributed by atoms with van der Waals surface area (Å²) in [6.07, 6.45) is 14.7. The summed E-state index contributed by atoms with van der Waals surface area (Å²) in [5.41, 5.74) is 15.8. The number of nitrogens with zero attached hydrogens (tertiary/aromatic N) is 11. The Balaban J connectivity index is 0.000000141. The normalized spacial score (nSPS) is 12.2. The Bertz CT molecular complexity index is 5200. The van der Waals surface area contributed by atoms with Crippen LogP contribution >= 0.6 is 0 Å². The molecular weight excluding hydrogens is 1320 g/mol. The van der Waals surface area contributed by atoms with Crippen LogP contribution in [-0.4, -0.2) is 61.0 Å². The topological polar surface area (TPSA) is 167 Å². The van der Waals surface area contributed by atoms with Gasteiger partial charge in [0.25, 0.3) is 11.1 Å². The van der Waals surface area contributed by atoms with Crippen LogP contribution in [-0.2, 0) is 31.1 Å². The van der Waals surface area contributed by atoms with E-state index in [1.807, 2.05) is 168 Å². The third kappa shape index (κ3) is 21.2. The van der Waals surface area contributed by atoms with E-state index in [0.29, 0.717) is 36.0 Å². The van der Waals surface area contributed by atoms with Crippen molar-refractivity contribution in [3.63, 3.8) is 0 Å². The van der Waals surface area contributed by atoms with Crippen molar-refractivity contribution in [1.82, 2.24) is 49.0 Å². The molecule has 9 aromatic heterocycles. The fourth-order valence-corrected chi connectivity index (χ4v) is 13.0. The molecule has 107 heavy (non-hydrogen) atoms. The largest absolute Gasteiger partial charge is 0.310 e. The molecule has 0 N–H and O–H groups in total. The van der Waals surface area contributed by atoms with Crippen LogP contribution in [0.2, 0.25) is 0 Å². The van der Waals surface area contributed by atoms with Crippen LogP contribution in [0.5, 0.6) is 0 Å². The maximum Gasteiger partial charge on any atom is 0.254 e. The van der Waals surface area contributed by atoms with E-state index in [-0.39, 0.29) is 35.0 Å². The highest BCUT2D eigenvalue weighted by Gasteiger charge is 2.30. The number of para-hydroxylation sites is 4. The van der Waals surface area contributed by atoms with Crippen molar-refractivity contribution >= 4 is 77.1 Å². The summed E-state index contributed by atoms with van der Waals surface area (Å²) in [6.45, 7) is 33.8. The lowest BCUT2D eigenvalue weighted by Crippen LogP contribution is -2.33. The monoisotopic (exact) mass is 1430 g/mol. The van der Waals surface area contributed by atoms with E-state index in [1.54, 1.807) is 35.0 Å². The van der Waals surface area contributed by atoms with Gasteiger partial charge in [-0.1, -0.05) is 198 Å². The van der Waals surface area contributed by atoms with Crippen molar-refractivity contribution in [3.05, 3.63) is 303 Å². The first kappa shape index (κ1) is 80.1. The molecule has 5 aromatic carbocycles. The standard InChI is InChI=1S/C12H14N2O.C12H13NO.C12H13N.C12H17N.2C12H13N.C11H12N2.C10H12N2O/c1-8(2)9-7-10-11(5-4-6-13-10)14(3)12(9)15;1-9(2)13-11-6-4-3-5-10(11)7-8-12(13)14;1-9(2)10-7-8-13-12-6-4-3-5-11(10)12;2*1-9(2)11-8-7-10-5-3-4-6-12(10)13-11;1-9(2)12-11-6-4-3-5-10(11)7-8-13-12;1-8(2)11-12-7-9-5-3-4-6-10(9)13-11;1-7(2)12-9(13)6-8-4-3-5-11-10(8)12/h4-8H,1-3H3;3-9H,1-2H3;3-9H,1-2H3;7-9H,3-6H2,1-2H3;2*3-9H,1-2H3;3-8H,1-2H3;3-5,7H,6H2,1-2H3. The minimum Gasteiger partial charge on any atom is -0.310 e. The van der Waals surface area contributed by atoms with Gasteiger partial charge >= 0.3 is 0 Å². The van der Waals surface area contributed by atoms with Gasteiger partial charge in [0.2, 0.25) is 5.91 Å². The zero-order valence-electron chi connectivity index (χ0n) is 65.7. The minimum absolute atomic E-state index is 0.0682. The second-order valence-corrected chi connectivity index (χ2v) is 29.6. The number of pyridine rings is 8. The number of aryl methyl sites for hydroxylation is 3. The van der Waals surface area contributed by atoms with Gasteiger partial charge in [0.1, 0.15) is 11.6 Å². The number of amides is 1. The average Bonchev–Trinajstić information content (AvgIpc) is 1.79. The molecule has 16 rings (SSSR count). The van der Waals surface area contributed by atoms with Gasteiger partial charge in [-0.05, 0) is 184 Å². The van der Waals surface area contributed by atoms with Crippen LogP contribution in [0, 0.1) is 0 Å². The summed E-state index contributed by atoms with van der Waals surface area (Å²) in [6, 6.07) is 67.1. The lowest BCUT2D eigenvalue weighted by molar-refractivity contribution is -0.117. The molecule has 552 valence electrons. The maximum absolute atomic E-state index is 12.0. The molecule has 14 nitrogen and oxygen atoms in total. The summed E-state index contributed by atoms with van der Waals surface area (Å²) >= 11 is 0. The number of aromatic nitrogens is 10. The van der Waals surface area contributed by atoms with E-state index in [9.17, 15) is 14.4 Å². The number of carbonyl (C=O) groups excluding carboxylic acids is 1. The summed E-state index contributed by atoms with van der Waals surface area (Å²) in [7, 11) is 1.79. The molecule has 2 aliphatic rings. The van der Waals surface area contributed by atoms with Crippen molar-refractivity contribution in [2.45, 2.75) is 190 Å². The maximum atomic E-state index is 12.0. The van der Waals surface area contributed by atoms with Crippen LogP contribution in [0.4, 0.5) is 5.82 Å². The number of hydrogen-bond acceptors (Lipinski definition) is 11. The fourth-order valence-electron chi connectivity index (χ4n) is 13.0. The van der Waals surface area contributed by atoms with Gasteiger partial charge in [0.05, 0.1) is 45.2 Å². The molecule has 0 unspecified atom stereocenters. The van der Waals surface area contributed by atoms with Crippen molar-refractivity contribution < 1.29 is 4.79 Å². The van der Waals surface area contributed by atoms with E-state index >= 15 is 0 Å². The molecule has 1 amide bonds. The Morgan fingerprint density at radius 1 is 0.374 bits per heavy atom. The Morgan fingerprint density at radius 3 is 1.61 bits per heavy atom. The van der Waals surface area contributed by atoms with Crippen LogP contribution in [0.1, 0.15) is 216 Å². The molecule has 1 aliphatic carbocycles. The van der Waals surface area contributed by atoms with Gasteiger partial charge in [0.15, 0.2) is 0 Å². The second-order valence-electron chi connectivity index (χ2n) is 29.6. The molecule has 14 heteroatoms. The molecule has 14 aromatic rings. The Labute approximate surface area is 632 Å². The van der Waals surface area contributed by atoms with Gasteiger partial charge < -0.3 is 9.13 Å². The predicted molar refractivity (Wildman–Crippen MR) is 446 cm³/mol. The van der Waals surface area contributed by atoms with Crippen molar-refractivity contribution in [3.8, 4) is 0 Å². The quantitative estimate of drug-likeness (QED) is 0.142. The molecule has 0 atom stereocenters. The van der Waals surface area contributed by atoms with E-state index in [2.05, 4.69) is 195 Å². The summed E-state index contributed by atoms with van der Waals surface area (Å²) < 4.78 is 3.48. The summed E-state index contributed by atoms with van der Waals surface area (Å²) in [5, 5.41) is 7.26. The zero-order valence-corrected chi connectivity index (χ0v) is 65.7. The smallest absolute Gasteiger partial charge is 0.254 e. The van der Waals surface area contributed by atoms with E-state index < -0.39 is 0 Å². The summed E-state index contributed by atoms with van der Waals surface area (Å²) in [5.74, 6) is 4.65. The molecule has 0 saturated heterocycles. The van der Waals surface area contributed by atoms with Gasteiger partial charge in [-0.15, -0.1) is 0 Å². The van der Waals surface area contributed by atoms with Crippen LogP contribution < -0.4 is 16.0 Å². The molecule has 10 heterocycles. The van der Waals surface area contributed by atoms with Crippen molar-refractivity contribution in [1.29, 1.82) is 0 Å². The molecule has 0 saturated carbocycles. The molecular formula is C93H107N11O3. The van der Waals surface area contributed by atoms with Gasteiger partial charge in [-0.2, -0.15) is 0 Å². The number of fused-ring (bicyclic) bond motifs is 8. The van der Waals surface area contributed by atoms with Crippen molar-refractivity contribution in [2.24, 2.45) is 7.05 Å². The lowest BCUT2D eigenvalue weighted by Gasteiger charge is -2.20. The Hall–Kier alpha value is -11.0. The van der Waals surface area contributed by atoms with Crippen molar-refractivity contribution in [2.75, 3.05) is 4.90 Å². The highest BCUT2D eigenvalue weighted by atomic mass is 16.2. The molecule has 0 fully saturated rings. The second kappa shape index (κ2) is 38.3. The van der Waals surface area contributed by atoms with Gasteiger partial charge in [-0.3, -0.25) is 44.2 Å². The van der Waals surface area contributed by atoms with Gasteiger partial charge in [-0.25, -0.2) is 15.0 Å². The number of rotatable bonds is 8. The SMILES string of the molecule is CC(C)N1C(=O)Cc2cccnc21.CC(C)c1cc2ncccc2n(C)c1=O.CC(C)c1ccc2c(n1)CCCC2.CC(C)c1ccc2ccccc2n1.CC(C)c1ccnc2ccccc12.CC(C)c1ncc2ccccc2n1.CC(C)c1nccc2ccccc12.CC(C)n1c(=O)ccc2ccccc21. The van der Waals surface area contributed by atoms with E-state index in [0.717, 1.165) is 66.6 Å². The van der Waals surface area contributed by atoms with Crippen LogP contribution in [0.25, 0.3) is 65.4 Å². The highest BCUT2D eigenvalue weighted by molar-refractivity contribution is 6.00. The number of anilines is 1. The van der Waals surface area contributed by atoms with E-state index in [1.165, 1.54) is 81.1 Å². The van der Waals surface area contributed by atoms with Crippen LogP contribution in [0.15, 0.2) is 241 Å². The predicted octanol–water partition coefficient (Wildman–Crippen LogP) is 21.9. The highest BCUT2D eigenvalue weighted by Crippen LogP contribution is 2.29. The van der Waals surface area contributed by atoms with Crippen LogP contribution in [0.3, 0.4) is 0 Å². The van der Waals surface area contributed by atoms with E-state index in [4.69, 9.17) is 4.98 Å². The summed E-state index contributed by atoms with van der Waals surface area (Å²) in [4.78, 5) is 72.2. The third-order valence-electron chi connectivity index (χ3n) is 18.8. The Morgan fingerprint density at radius 2 is 0.935 bits per heavy atom. The average molecular weight is 1430 g/mol.